The van der Waals surface area contributed by atoms with Crippen LogP contribution in [0.4, 0.5) is 11.4 Å². The Kier molecular flexibility index (Phi) is 7.08. The van der Waals surface area contributed by atoms with Gasteiger partial charge in [-0.15, -0.1) is 0 Å². The van der Waals surface area contributed by atoms with Gasteiger partial charge in [-0.05, 0) is 55.5 Å². The lowest BCUT2D eigenvalue weighted by Gasteiger charge is -2.16. The molecule has 7 nitrogen and oxygen atoms in total. The molecule has 0 heterocycles. The molecule has 0 amide bonds. The largest absolute Gasteiger partial charge is 0.497 e. The first-order valence-electron chi connectivity index (χ1n) is 8.25. The molecule has 27 heavy (non-hydrogen) atoms. The maximum absolute atomic E-state index is 12.2. The van der Waals surface area contributed by atoms with Gasteiger partial charge in [0.15, 0.2) is 5.57 Å². The predicted octanol–water partition coefficient (Wildman–Crippen LogP) is 3.53. The van der Waals surface area contributed by atoms with Gasteiger partial charge in [-0.2, -0.15) is 5.26 Å². The molecule has 0 spiro atoms. The summed E-state index contributed by atoms with van der Waals surface area (Å²) < 4.78 is 15.3. The lowest BCUT2D eigenvalue weighted by molar-refractivity contribution is -0.138. The second kappa shape index (κ2) is 9.73. The molecule has 0 aliphatic rings. The average Bonchev–Trinajstić information content (AvgIpc) is 2.70. The number of methoxy groups -OCH3 is 2. The van der Waals surface area contributed by atoms with E-state index in [0.29, 0.717) is 22.9 Å². The minimum absolute atomic E-state index is 0.163. The first-order chi connectivity index (χ1) is 13.1. The van der Waals surface area contributed by atoms with Gasteiger partial charge in [0.05, 0.1) is 20.8 Å². The smallest absolute Gasteiger partial charge is 0.352 e. The molecule has 0 radical (unpaired) electrons. The molecule has 2 rings (SSSR count). The topological polar surface area (TPSA) is 92.6 Å². The molecule has 2 aromatic carbocycles. The minimum atomic E-state index is -0.711. The third-order valence-electron chi connectivity index (χ3n) is 3.56. The van der Waals surface area contributed by atoms with Crippen LogP contribution < -0.4 is 20.1 Å². The zero-order valence-electron chi connectivity index (χ0n) is 15.4. The predicted molar refractivity (Wildman–Crippen MR) is 103 cm³/mol. The number of benzene rings is 2. The van der Waals surface area contributed by atoms with E-state index in [1.807, 2.05) is 6.07 Å². The highest BCUT2D eigenvalue weighted by molar-refractivity contribution is 5.95. The number of nitrogens with zero attached hydrogens (tertiary/aromatic N) is 1. The number of anilines is 2. The highest BCUT2D eigenvalue weighted by Gasteiger charge is 2.18. The Morgan fingerprint density at radius 1 is 0.926 bits per heavy atom. The Hall–Kier alpha value is -3.66. The number of carbonyl (C=O) groups is 1. The van der Waals surface area contributed by atoms with E-state index < -0.39 is 5.97 Å². The van der Waals surface area contributed by atoms with Crippen molar-refractivity contribution in [3.63, 3.8) is 0 Å². The Balaban J connectivity index is 2.36. The van der Waals surface area contributed by atoms with Gasteiger partial charge in [-0.3, -0.25) is 0 Å². The number of ether oxygens (including phenoxy) is 3. The van der Waals surface area contributed by atoms with E-state index in [2.05, 4.69) is 10.6 Å². The summed E-state index contributed by atoms with van der Waals surface area (Å²) in [6, 6.07) is 16.1. The molecule has 0 saturated carbocycles. The third kappa shape index (κ3) is 5.41. The van der Waals surface area contributed by atoms with E-state index in [0.717, 1.165) is 0 Å². The molecular weight excluding hydrogens is 346 g/mol. The number of hydrogen-bond acceptors (Lipinski definition) is 7. The van der Waals surface area contributed by atoms with Crippen molar-refractivity contribution in [2.24, 2.45) is 0 Å². The fourth-order valence-electron chi connectivity index (χ4n) is 2.20. The normalized spacial score (nSPS) is 9.56. The van der Waals surface area contributed by atoms with E-state index in [4.69, 9.17) is 14.2 Å². The van der Waals surface area contributed by atoms with Gasteiger partial charge in [-0.1, -0.05) is 0 Å². The Morgan fingerprint density at radius 3 is 1.70 bits per heavy atom. The van der Waals surface area contributed by atoms with Crippen LogP contribution in [0.25, 0.3) is 0 Å². The Labute approximate surface area is 158 Å². The molecule has 0 aliphatic heterocycles. The van der Waals surface area contributed by atoms with Crippen molar-refractivity contribution in [2.75, 3.05) is 31.5 Å². The van der Waals surface area contributed by atoms with Crippen LogP contribution in [-0.4, -0.2) is 26.8 Å². The summed E-state index contributed by atoms with van der Waals surface area (Å²) in [6.45, 7) is 1.85. The highest BCUT2D eigenvalue weighted by Crippen LogP contribution is 2.21. The van der Waals surface area contributed by atoms with Gasteiger partial charge >= 0.3 is 5.97 Å². The lowest BCUT2D eigenvalue weighted by atomic mass is 10.2. The van der Waals surface area contributed by atoms with Gasteiger partial charge in [0.1, 0.15) is 23.4 Å². The highest BCUT2D eigenvalue weighted by atomic mass is 16.5. The Bertz CT molecular complexity index is 786. The SMILES string of the molecule is CCOC(=O)C(C#N)=C(Nc1ccc(OC)cc1)Nc1ccc(OC)cc1. The molecule has 0 aromatic heterocycles. The maximum Gasteiger partial charge on any atom is 0.352 e. The van der Waals surface area contributed by atoms with Crippen LogP contribution >= 0.6 is 0 Å². The summed E-state index contributed by atoms with van der Waals surface area (Å²) in [6.07, 6.45) is 0. The van der Waals surface area contributed by atoms with E-state index in [-0.39, 0.29) is 18.0 Å². The number of rotatable bonds is 8. The van der Waals surface area contributed by atoms with Gasteiger partial charge in [-0.25, -0.2) is 4.79 Å². The maximum atomic E-state index is 12.2. The summed E-state index contributed by atoms with van der Waals surface area (Å²) in [4.78, 5) is 12.2. The third-order valence-corrected chi connectivity index (χ3v) is 3.56. The molecule has 0 aliphatic carbocycles. The summed E-state index contributed by atoms with van der Waals surface area (Å²) in [5, 5.41) is 15.6. The van der Waals surface area contributed by atoms with Crippen LogP contribution in [0.15, 0.2) is 59.9 Å². The number of carbonyl (C=O) groups excluding carboxylic acids is 1. The van der Waals surface area contributed by atoms with Crippen LogP contribution in [0.1, 0.15) is 6.92 Å². The van der Waals surface area contributed by atoms with E-state index >= 15 is 0 Å². The van der Waals surface area contributed by atoms with E-state index in [9.17, 15) is 10.1 Å². The average molecular weight is 367 g/mol. The van der Waals surface area contributed by atoms with Crippen LogP contribution in [0.2, 0.25) is 0 Å². The molecule has 0 atom stereocenters. The van der Waals surface area contributed by atoms with Gasteiger partial charge < -0.3 is 24.8 Å². The molecular formula is C20H21N3O4. The van der Waals surface area contributed by atoms with Crippen molar-refractivity contribution in [2.45, 2.75) is 6.92 Å². The molecule has 0 saturated heterocycles. The Morgan fingerprint density at radius 2 is 1.37 bits per heavy atom. The lowest BCUT2D eigenvalue weighted by Crippen LogP contribution is -2.18. The van der Waals surface area contributed by atoms with E-state index in [1.165, 1.54) is 0 Å². The zero-order valence-corrected chi connectivity index (χ0v) is 15.4. The fraction of sp³-hybridized carbons (Fsp3) is 0.200. The second-order valence-electron chi connectivity index (χ2n) is 5.29. The van der Waals surface area contributed by atoms with Crippen LogP contribution in [0, 0.1) is 11.3 Å². The van der Waals surface area contributed by atoms with Gasteiger partial charge in [0.25, 0.3) is 0 Å². The monoisotopic (exact) mass is 367 g/mol. The van der Waals surface area contributed by atoms with Crippen LogP contribution in [0.5, 0.6) is 11.5 Å². The van der Waals surface area contributed by atoms with Gasteiger partial charge in [0.2, 0.25) is 0 Å². The standard InChI is InChI=1S/C20H21N3O4/c1-4-27-20(24)18(13-21)19(22-14-5-9-16(25-2)10-6-14)23-15-7-11-17(26-3)12-8-15/h5-12,22-23H,4H2,1-3H3. The molecule has 0 fully saturated rings. The van der Waals surface area contributed by atoms with E-state index in [1.54, 1.807) is 69.7 Å². The minimum Gasteiger partial charge on any atom is -0.497 e. The molecule has 7 heteroatoms. The number of hydrogen-bond donors (Lipinski definition) is 2. The summed E-state index contributed by atoms with van der Waals surface area (Å²) >= 11 is 0. The molecule has 140 valence electrons. The molecule has 0 unspecified atom stereocenters. The quantitative estimate of drug-likeness (QED) is 0.419. The fourth-order valence-corrected chi connectivity index (χ4v) is 2.20. The molecule has 2 aromatic rings. The van der Waals surface area contributed by atoms with Crippen LogP contribution in [0.3, 0.4) is 0 Å². The first kappa shape index (κ1) is 19.7. The van der Waals surface area contributed by atoms with Crippen molar-refractivity contribution < 1.29 is 19.0 Å². The number of nitrogens with one attached hydrogen (secondary N) is 2. The summed E-state index contributed by atoms with van der Waals surface area (Å²) in [5.74, 6) is 0.892. The van der Waals surface area contributed by atoms with Crippen LogP contribution in [-0.2, 0) is 9.53 Å². The summed E-state index contributed by atoms with van der Waals surface area (Å²) in [7, 11) is 3.15. The zero-order chi connectivity index (χ0) is 19.6. The van der Waals surface area contributed by atoms with Crippen molar-refractivity contribution in [1.82, 2.24) is 0 Å². The second-order valence-corrected chi connectivity index (χ2v) is 5.29. The van der Waals surface area contributed by atoms with Crippen molar-refractivity contribution in [1.29, 1.82) is 5.26 Å². The molecule has 0 bridgehead atoms. The number of esters is 1. The summed E-state index contributed by atoms with van der Waals surface area (Å²) in [5.41, 5.74) is 1.18. The first-order valence-corrected chi connectivity index (χ1v) is 8.25. The molecule has 2 N–H and O–H groups in total. The number of nitriles is 1. The van der Waals surface area contributed by atoms with Crippen molar-refractivity contribution in [3.8, 4) is 17.6 Å². The van der Waals surface area contributed by atoms with Crippen molar-refractivity contribution in [3.05, 3.63) is 59.9 Å². The van der Waals surface area contributed by atoms with Crippen molar-refractivity contribution >= 4 is 17.3 Å². The van der Waals surface area contributed by atoms with Gasteiger partial charge in [0, 0.05) is 11.4 Å².